The number of carbonyl (C=O) groups is 1. The lowest BCUT2D eigenvalue weighted by Crippen LogP contribution is -2.31. The van der Waals surface area contributed by atoms with E-state index < -0.39 is 0 Å². The van der Waals surface area contributed by atoms with E-state index in [0.717, 1.165) is 15.8 Å². The van der Waals surface area contributed by atoms with Crippen molar-refractivity contribution in [1.29, 1.82) is 0 Å². The minimum Gasteiger partial charge on any atom is -0.494 e. The molecule has 0 saturated carbocycles. The van der Waals surface area contributed by atoms with E-state index >= 15 is 0 Å². The number of hydrogen-bond donors (Lipinski definition) is 0. The van der Waals surface area contributed by atoms with Crippen molar-refractivity contribution in [3.05, 3.63) is 76.2 Å². The van der Waals surface area contributed by atoms with Gasteiger partial charge in [0.05, 0.1) is 36.1 Å². The van der Waals surface area contributed by atoms with Crippen molar-refractivity contribution in [3.8, 4) is 5.75 Å². The molecule has 2 aromatic carbocycles. The topological polar surface area (TPSA) is 55.6 Å². The van der Waals surface area contributed by atoms with Crippen molar-refractivity contribution in [2.45, 2.75) is 26.8 Å². The zero-order valence-corrected chi connectivity index (χ0v) is 18.5. The van der Waals surface area contributed by atoms with Crippen molar-refractivity contribution < 1.29 is 13.9 Å². The maximum Gasteiger partial charge on any atom is 0.233 e. The number of methoxy groups -OCH3 is 1. The Bertz CT molecular complexity index is 1200. The lowest BCUT2D eigenvalue weighted by molar-refractivity contribution is -0.118. The van der Waals surface area contributed by atoms with Gasteiger partial charge in [-0.2, -0.15) is 0 Å². The molecule has 4 aromatic rings. The van der Waals surface area contributed by atoms with Crippen LogP contribution < -0.4 is 9.64 Å². The van der Waals surface area contributed by atoms with Gasteiger partial charge in [0.25, 0.3) is 0 Å². The predicted molar refractivity (Wildman–Crippen MR) is 121 cm³/mol. The number of aryl methyl sites for hydroxylation is 2. The Morgan fingerprint density at radius 3 is 2.77 bits per heavy atom. The average molecular weight is 441 g/mol. The zero-order valence-electron chi connectivity index (χ0n) is 16.9. The highest BCUT2D eigenvalue weighted by atomic mass is 35.5. The Morgan fingerprint density at radius 2 is 2.07 bits per heavy atom. The number of nitrogens with zero attached hydrogens (tertiary/aromatic N) is 2. The van der Waals surface area contributed by atoms with Crippen LogP contribution in [0.1, 0.15) is 22.5 Å². The molecule has 0 fully saturated rings. The minimum atomic E-state index is -0.0625. The van der Waals surface area contributed by atoms with Crippen LogP contribution in [0.15, 0.2) is 53.1 Å². The second-order valence-electron chi connectivity index (χ2n) is 7.09. The Labute approximate surface area is 183 Å². The number of furan rings is 1. The molecule has 0 unspecified atom stereocenters. The molecule has 0 atom stereocenters. The van der Waals surface area contributed by atoms with Crippen LogP contribution in [-0.2, 0) is 17.8 Å². The summed E-state index contributed by atoms with van der Waals surface area (Å²) < 4.78 is 11.7. The molecule has 154 valence electrons. The molecule has 0 radical (unpaired) electrons. The second kappa shape index (κ2) is 8.50. The average Bonchev–Trinajstić information content (AvgIpc) is 3.39. The third kappa shape index (κ3) is 4.06. The van der Waals surface area contributed by atoms with Crippen LogP contribution in [0.25, 0.3) is 10.2 Å². The normalized spacial score (nSPS) is 11.1. The molecule has 5 nitrogen and oxygen atoms in total. The molecule has 30 heavy (non-hydrogen) atoms. The summed E-state index contributed by atoms with van der Waals surface area (Å²) in [4.78, 5) is 19.7. The van der Waals surface area contributed by atoms with Gasteiger partial charge in [-0.1, -0.05) is 46.7 Å². The number of ether oxygens (including phenoxy) is 1. The van der Waals surface area contributed by atoms with E-state index in [0.29, 0.717) is 27.2 Å². The van der Waals surface area contributed by atoms with Crippen LogP contribution in [0.4, 0.5) is 5.13 Å². The quantitative estimate of drug-likeness (QED) is 0.372. The Balaban J connectivity index is 1.73. The summed E-state index contributed by atoms with van der Waals surface area (Å²) in [5.41, 5.74) is 3.90. The Hall–Kier alpha value is -2.83. The van der Waals surface area contributed by atoms with Crippen LogP contribution in [0.5, 0.6) is 5.75 Å². The van der Waals surface area contributed by atoms with Gasteiger partial charge in [0.2, 0.25) is 5.91 Å². The van der Waals surface area contributed by atoms with Gasteiger partial charge >= 0.3 is 0 Å². The lowest BCUT2D eigenvalue weighted by atomic mass is 10.0. The van der Waals surface area contributed by atoms with Crippen molar-refractivity contribution in [1.82, 2.24) is 4.98 Å². The van der Waals surface area contributed by atoms with Gasteiger partial charge in [-0.15, -0.1) is 0 Å². The van der Waals surface area contributed by atoms with E-state index in [2.05, 4.69) is 6.07 Å². The molecule has 2 aromatic heterocycles. The van der Waals surface area contributed by atoms with Crippen LogP contribution in [0, 0.1) is 13.8 Å². The fraction of sp³-hybridized carbons (Fsp3) is 0.217. The highest BCUT2D eigenvalue weighted by Crippen LogP contribution is 2.39. The molecule has 0 aliphatic rings. The van der Waals surface area contributed by atoms with E-state index in [1.54, 1.807) is 36.5 Å². The molecule has 0 aliphatic carbocycles. The summed E-state index contributed by atoms with van der Waals surface area (Å²) in [5, 5.41) is 1.14. The van der Waals surface area contributed by atoms with Crippen LogP contribution in [0.3, 0.4) is 0 Å². The van der Waals surface area contributed by atoms with Gasteiger partial charge < -0.3 is 9.15 Å². The first-order chi connectivity index (χ1) is 14.5. The Morgan fingerprint density at radius 1 is 1.23 bits per heavy atom. The summed E-state index contributed by atoms with van der Waals surface area (Å²) in [6.07, 6.45) is 1.87. The molecule has 0 saturated heterocycles. The fourth-order valence-electron chi connectivity index (χ4n) is 3.34. The molecule has 2 heterocycles. The van der Waals surface area contributed by atoms with Gasteiger partial charge in [-0.25, -0.2) is 4.98 Å². The number of carbonyl (C=O) groups excluding carboxylic acids is 1. The van der Waals surface area contributed by atoms with Crippen LogP contribution in [0.2, 0.25) is 5.02 Å². The molecule has 7 heteroatoms. The number of rotatable bonds is 6. The first kappa shape index (κ1) is 20.4. The third-order valence-electron chi connectivity index (χ3n) is 4.93. The summed E-state index contributed by atoms with van der Waals surface area (Å²) in [6.45, 7) is 4.35. The molecule has 0 aliphatic heterocycles. The highest BCUT2D eigenvalue weighted by molar-refractivity contribution is 7.23. The van der Waals surface area contributed by atoms with Gasteiger partial charge in [0, 0.05) is 0 Å². The summed E-state index contributed by atoms with van der Waals surface area (Å²) in [6, 6.07) is 13.3. The SMILES string of the molecule is COc1ccc(Cl)c2sc(N(Cc3ccco3)C(=O)Cc3ccc(C)cc3C)nc12. The molecule has 0 bridgehead atoms. The van der Waals surface area contributed by atoms with Crippen molar-refractivity contribution >= 4 is 44.2 Å². The van der Waals surface area contributed by atoms with Crippen molar-refractivity contribution in [3.63, 3.8) is 0 Å². The number of aromatic nitrogens is 1. The smallest absolute Gasteiger partial charge is 0.233 e. The molecule has 1 amide bonds. The van der Waals surface area contributed by atoms with Gasteiger partial charge in [0.15, 0.2) is 5.13 Å². The van der Waals surface area contributed by atoms with E-state index in [9.17, 15) is 4.79 Å². The number of fused-ring (bicyclic) bond motifs is 1. The number of anilines is 1. The number of thiazole rings is 1. The number of amides is 1. The number of benzene rings is 2. The van der Waals surface area contributed by atoms with E-state index in [4.69, 9.17) is 25.7 Å². The molecule has 4 rings (SSSR count). The summed E-state index contributed by atoms with van der Waals surface area (Å²) in [5.74, 6) is 1.24. The van der Waals surface area contributed by atoms with Gasteiger partial charge in [-0.05, 0) is 49.2 Å². The number of hydrogen-bond acceptors (Lipinski definition) is 5. The zero-order chi connectivity index (χ0) is 21.3. The van der Waals surface area contributed by atoms with Crippen molar-refractivity contribution in [2.75, 3.05) is 12.0 Å². The minimum absolute atomic E-state index is 0.0625. The predicted octanol–water partition coefficient (Wildman–Crippen LogP) is 5.94. The van der Waals surface area contributed by atoms with E-state index in [1.807, 2.05) is 32.0 Å². The highest BCUT2D eigenvalue weighted by Gasteiger charge is 2.24. The summed E-state index contributed by atoms with van der Waals surface area (Å²) >= 11 is 7.75. The largest absolute Gasteiger partial charge is 0.494 e. The molecule has 0 N–H and O–H groups in total. The number of halogens is 1. The Kier molecular flexibility index (Phi) is 5.79. The first-order valence-electron chi connectivity index (χ1n) is 9.48. The monoisotopic (exact) mass is 440 g/mol. The first-order valence-corrected chi connectivity index (χ1v) is 10.7. The van der Waals surface area contributed by atoms with Crippen molar-refractivity contribution in [2.24, 2.45) is 0 Å². The maximum absolute atomic E-state index is 13.4. The van der Waals surface area contributed by atoms with E-state index in [1.165, 1.54) is 16.9 Å². The van der Waals surface area contributed by atoms with Gasteiger partial charge in [-0.3, -0.25) is 9.69 Å². The van der Waals surface area contributed by atoms with Crippen LogP contribution >= 0.6 is 22.9 Å². The third-order valence-corrected chi connectivity index (χ3v) is 6.47. The fourth-order valence-corrected chi connectivity index (χ4v) is 4.62. The molecular weight excluding hydrogens is 420 g/mol. The maximum atomic E-state index is 13.4. The van der Waals surface area contributed by atoms with E-state index in [-0.39, 0.29) is 18.9 Å². The standard InChI is InChI=1S/C23H21ClN2O3S/c1-14-6-7-16(15(2)11-14)12-20(27)26(13-17-5-4-10-29-17)23-25-21-19(28-3)9-8-18(24)22(21)30-23/h4-11H,12-13H2,1-3H3. The summed E-state index contributed by atoms with van der Waals surface area (Å²) in [7, 11) is 1.59. The van der Waals surface area contributed by atoms with Gasteiger partial charge in [0.1, 0.15) is 17.0 Å². The molecule has 0 spiro atoms. The second-order valence-corrected chi connectivity index (χ2v) is 8.47. The van der Waals surface area contributed by atoms with Crippen LogP contribution in [-0.4, -0.2) is 18.0 Å². The molecular formula is C23H21ClN2O3S. The lowest BCUT2D eigenvalue weighted by Gasteiger charge is -2.19.